The number of carbonyl (C=O) groups is 1. The minimum atomic E-state index is -0.834. The lowest BCUT2D eigenvalue weighted by Gasteiger charge is -2.14. The van der Waals surface area contributed by atoms with Crippen molar-refractivity contribution in [2.24, 2.45) is 0 Å². The van der Waals surface area contributed by atoms with E-state index < -0.39 is 28.8 Å². The first kappa shape index (κ1) is 22.8. The molecule has 11 heteroatoms. The molecule has 0 aliphatic rings. The average molecular weight is 446 g/mol. The second-order valence-corrected chi connectivity index (χ2v) is 6.70. The maximum absolute atomic E-state index is 14.0. The van der Waals surface area contributed by atoms with Crippen molar-refractivity contribution < 1.29 is 23.0 Å². The van der Waals surface area contributed by atoms with Gasteiger partial charge in [-0.3, -0.25) is 9.59 Å². The minimum Gasteiger partial charge on any atom is -0.470 e. The molecule has 1 heterocycles. The Morgan fingerprint density at radius 1 is 1.09 bits per heavy atom. The van der Waals surface area contributed by atoms with Crippen molar-refractivity contribution in [2.75, 3.05) is 25.6 Å². The van der Waals surface area contributed by atoms with Crippen molar-refractivity contribution >= 4 is 11.6 Å². The number of benzene rings is 2. The number of aromatic nitrogens is 3. The fourth-order valence-electron chi connectivity index (χ4n) is 2.82. The molecular formula is C21H20F2N4O5. The first-order valence-electron chi connectivity index (χ1n) is 9.48. The van der Waals surface area contributed by atoms with Gasteiger partial charge in [-0.2, -0.15) is 4.68 Å². The van der Waals surface area contributed by atoms with E-state index in [1.807, 2.05) is 0 Å². The molecule has 168 valence electrons. The third-order valence-corrected chi connectivity index (χ3v) is 4.32. The molecule has 1 aromatic heterocycles. The van der Waals surface area contributed by atoms with E-state index in [1.54, 1.807) is 0 Å². The van der Waals surface area contributed by atoms with Crippen LogP contribution in [0.15, 0.2) is 52.1 Å². The topological polar surface area (TPSA) is 104 Å². The first-order valence-corrected chi connectivity index (χ1v) is 9.48. The highest BCUT2D eigenvalue weighted by molar-refractivity contribution is 5.89. The molecule has 1 N–H and O–H groups in total. The maximum Gasteiger partial charge on any atom is 0.352 e. The van der Waals surface area contributed by atoms with Gasteiger partial charge in [0.15, 0.2) is 0 Å². The van der Waals surface area contributed by atoms with E-state index in [0.29, 0.717) is 5.56 Å². The van der Waals surface area contributed by atoms with Crippen molar-refractivity contribution in [2.45, 2.75) is 13.5 Å². The van der Waals surface area contributed by atoms with Crippen molar-refractivity contribution in [1.29, 1.82) is 0 Å². The van der Waals surface area contributed by atoms with Gasteiger partial charge in [-0.05, 0) is 35.9 Å². The van der Waals surface area contributed by atoms with Crippen molar-refractivity contribution in [3.63, 3.8) is 0 Å². The zero-order chi connectivity index (χ0) is 23.3. The molecule has 0 radical (unpaired) electrons. The molecule has 0 aliphatic carbocycles. The number of amides is 1. The molecule has 2 aromatic carbocycles. The van der Waals surface area contributed by atoms with Crippen LogP contribution in [0.1, 0.15) is 12.5 Å². The number of rotatable bonds is 8. The summed E-state index contributed by atoms with van der Waals surface area (Å²) in [7, 11) is 1.45. The van der Waals surface area contributed by atoms with Gasteiger partial charge in [0.1, 0.15) is 18.2 Å². The molecule has 1 amide bonds. The monoisotopic (exact) mass is 446 g/mol. The predicted octanol–water partition coefficient (Wildman–Crippen LogP) is 1.70. The Labute approximate surface area is 180 Å². The summed E-state index contributed by atoms with van der Waals surface area (Å²) in [5, 5.41) is 6.30. The Bertz CT molecular complexity index is 1240. The zero-order valence-electron chi connectivity index (χ0n) is 17.3. The highest BCUT2D eigenvalue weighted by atomic mass is 19.1. The quantitative estimate of drug-likeness (QED) is 0.529. The van der Waals surface area contributed by atoms with Crippen LogP contribution in [-0.4, -0.2) is 40.6 Å². The van der Waals surface area contributed by atoms with Gasteiger partial charge in [-0.25, -0.2) is 18.1 Å². The summed E-state index contributed by atoms with van der Waals surface area (Å²) in [4.78, 5) is 37.3. The molecule has 0 saturated heterocycles. The first-order chi connectivity index (χ1) is 15.3. The molecule has 32 heavy (non-hydrogen) atoms. The average Bonchev–Trinajstić information content (AvgIpc) is 2.75. The molecule has 0 atom stereocenters. The SMILES string of the molecule is COCCOc1nn(-c2ccc(F)c(NC(C)=O)c2)c(=O)n(Cc2ccc(F)cc2)c1=O. The van der Waals surface area contributed by atoms with Crippen LogP contribution in [0.5, 0.6) is 5.88 Å². The smallest absolute Gasteiger partial charge is 0.352 e. The number of carbonyl (C=O) groups excluding carboxylic acids is 1. The predicted molar refractivity (Wildman–Crippen MR) is 111 cm³/mol. The Balaban J connectivity index is 2.14. The number of methoxy groups -OCH3 is 1. The molecular weight excluding hydrogens is 426 g/mol. The van der Waals surface area contributed by atoms with Crippen LogP contribution in [0.25, 0.3) is 5.69 Å². The third kappa shape index (κ3) is 5.24. The summed E-state index contributed by atoms with van der Waals surface area (Å²) >= 11 is 0. The molecule has 0 spiro atoms. The molecule has 0 bridgehead atoms. The fraction of sp³-hybridized carbons (Fsp3) is 0.238. The zero-order valence-corrected chi connectivity index (χ0v) is 17.3. The molecule has 0 saturated carbocycles. The Kier molecular flexibility index (Phi) is 7.11. The van der Waals surface area contributed by atoms with Gasteiger partial charge in [0.2, 0.25) is 5.91 Å². The van der Waals surface area contributed by atoms with Crippen LogP contribution < -0.4 is 21.3 Å². The fourth-order valence-corrected chi connectivity index (χ4v) is 2.82. The summed E-state index contributed by atoms with van der Waals surface area (Å²) in [6, 6.07) is 8.80. The van der Waals surface area contributed by atoms with Crippen molar-refractivity contribution in [1.82, 2.24) is 14.3 Å². The number of nitrogens with zero attached hydrogens (tertiary/aromatic N) is 3. The molecule has 3 rings (SSSR count). The van der Waals surface area contributed by atoms with Crippen LogP contribution in [0.4, 0.5) is 14.5 Å². The highest BCUT2D eigenvalue weighted by Crippen LogP contribution is 2.18. The van der Waals surface area contributed by atoms with E-state index in [9.17, 15) is 23.2 Å². The van der Waals surface area contributed by atoms with Gasteiger partial charge >= 0.3 is 11.2 Å². The lowest BCUT2D eigenvalue weighted by Crippen LogP contribution is -2.42. The number of ether oxygens (including phenoxy) is 2. The normalized spacial score (nSPS) is 10.8. The van der Waals surface area contributed by atoms with E-state index in [2.05, 4.69) is 10.4 Å². The second kappa shape index (κ2) is 9.96. The van der Waals surface area contributed by atoms with Gasteiger partial charge < -0.3 is 14.8 Å². The van der Waals surface area contributed by atoms with Gasteiger partial charge in [-0.1, -0.05) is 12.1 Å². The summed E-state index contributed by atoms with van der Waals surface area (Å²) in [5.41, 5.74) is -1.22. The summed E-state index contributed by atoms with van der Waals surface area (Å²) in [6.07, 6.45) is 0. The Morgan fingerprint density at radius 2 is 1.81 bits per heavy atom. The Hall–Kier alpha value is -3.86. The van der Waals surface area contributed by atoms with Gasteiger partial charge in [0.05, 0.1) is 24.5 Å². The van der Waals surface area contributed by atoms with Crippen LogP contribution in [0, 0.1) is 11.6 Å². The maximum atomic E-state index is 14.0. The van der Waals surface area contributed by atoms with Gasteiger partial charge in [0.25, 0.3) is 5.88 Å². The molecule has 0 aliphatic heterocycles. The minimum absolute atomic E-state index is 0.00590. The number of anilines is 1. The van der Waals surface area contributed by atoms with E-state index in [-0.39, 0.29) is 37.0 Å². The lowest BCUT2D eigenvalue weighted by molar-refractivity contribution is -0.114. The second-order valence-electron chi connectivity index (χ2n) is 6.70. The van der Waals surface area contributed by atoms with Crippen LogP contribution in [0.3, 0.4) is 0 Å². The molecule has 3 aromatic rings. The van der Waals surface area contributed by atoms with E-state index in [0.717, 1.165) is 15.3 Å². The number of nitrogens with one attached hydrogen (secondary N) is 1. The van der Waals surface area contributed by atoms with Gasteiger partial charge in [-0.15, -0.1) is 5.10 Å². The number of hydrogen-bond donors (Lipinski definition) is 1. The number of hydrogen-bond acceptors (Lipinski definition) is 6. The highest BCUT2D eigenvalue weighted by Gasteiger charge is 2.17. The van der Waals surface area contributed by atoms with E-state index >= 15 is 0 Å². The standard InChI is InChI=1S/C21H20F2N4O5/c1-13(28)24-18-11-16(7-8-17(18)23)27-21(30)26(12-14-3-5-15(22)6-4-14)20(29)19(25-27)32-10-9-31-2/h3-8,11H,9-10,12H2,1-2H3,(H,24,28). The van der Waals surface area contributed by atoms with Crippen molar-refractivity contribution in [3.8, 4) is 11.6 Å². The van der Waals surface area contributed by atoms with Crippen LogP contribution >= 0.6 is 0 Å². The molecule has 0 fully saturated rings. The molecule has 0 unspecified atom stereocenters. The van der Waals surface area contributed by atoms with Crippen molar-refractivity contribution in [3.05, 3.63) is 80.5 Å². The van der Waals surface area contributed by atoms with E-state index in [4.69, 9.17) is 9.47 Å². The van der Waals surface area contributed by atoms with E-state index in [1.165, 1.54) is 50.4 Å². The van der Waals surface area contributed by atoms with Crippen LogP contribution in [0.2, 0.25) is 0 Å². The Morgan fingerprint density at radius 3 is 2.47 bits per heavy atom. The largest absolute Gasteiger partial charge is 0.470 e. The summed E-state index contributed by atoms with van der Waals surface area (Å²) < 4.78 is 39.3. The lowest BCUT2D eigenvalue weighted by atomic mass is 10.2. The summed E-state index contributed by atoms with van der Waals surface area (Å²) in [5.74, 6) is -2.07. The van der Waals surface area contributed by atoms with Gasteiger partial charge in [0, 0.05) is 14.0 Å². The third-order valence-electron chi connectivity index (χ3n) is 4.32. The molecule has 9 nitrogen and oxygen atoms in total. The number of halogens is 2. The van der Waals surface area contributed by atoms with Crippen LogP contribution in [-0.2, 0) is 16.1 Å². The summed E-state index contributed by atoms with van der Waals surface area (Å²) in [6.45, 7) is 1.19.